The summed E-state index contributed by atoms with van der Waals surface area (Å²) < 4.78 is 0. The number of H-pyrrole nitrogens is 1. The smallest absolute Gasteiger partial charge is 0.0925 e. The van der Waals surface area contributed by atoms with E-state index in [1.54, 1.807) is 0 Å². The molecule has 0 amide bonds. The van der Waals surface area contributed by atoms with Crippen LogP contribution in [0, 0.1) is 0 Å². The van der Waals surface area contributed by atoms with Crippen LogP contribution < -0.4 is 0 Å². The normalized spacial score (nSPS) is 18.9. The first kappa shape index (κ1) is 13.6. The first-order valence-corrected chi connectivity index (χ1v) is 8.43. The number of rotatable bonds is 5. The van der Waals surface area contributed by atoms with Gasteiger partial charge in [0.15, 0.2) is 0 Å². The van der Waals surface area contributed by atoms with Crippen molar-refractivity contribution in [3.05, 3.63) is 47.8 Å². The molecule has 0 bridgehead atoms. The molecular weight excluding hydrogens is 268 g/mol. The third-order valence-electron chi connectivity index (χ3n) is 3.84. The summed E-state index contributed by atoms with van der Waals surface area (Å²) in [4.78, 5) is 14.8. The second kappa shape index (κ2) is 6.41. The molecule has 0 spiro atoms. The second-order valence-electron chi connectivity index (χ2n) is 5.11. The Morgan fingerprint density at radius 1 is 1.40 bits per heavy atom. The Hall–Kier alpha value is -1.33. The summed E-state index contributed by atoms with van der Waals surface area (Å²) in [5.74, 6) is 1.16. The number of pyridine rings is 1. The highest BCUT2D eigenvalue weighted by atomic mass is 32.2. The molecule has 0 radical (unpaired) electrons. The quantitative estimate of drug-likeness (QED) is 0.918. The van der Waals surface area contributed by atoms with Gasteiger partial charge in [-0.3, -0.25) is 9.88 Å². The van der Waals surface area contributed by atoms with Gasteiger partial charge in [0.2, 0.25) is 0 Å². The van der Waals surface area contributed by atoms with E-state index < -0.39 is 0 Å². The van der Waals surface area contributed by atoms with Crippen molar-refractivity contribution in [1.29, 1.82) is 0 Å². The van der Waals surface area contributed by atoms with Gasteiger partial charge in [-0.05, 0) is 30.6 Å². The van der Waals surface area contributed by atoms with Crippen LogP contribution in [0.3, 0.4) is 0 Å². The van der Waals surface area contributed by atoms with E-state index in [0.717, 1.165) is 37.4 Å². The van der Waals surface area contributed by atoms with Crippen molar-refractivity contribution in [3.63, 3.8) is 0 Å². The fourth-order valence-corrected chi connectivity index (χ4v) is 3.30. The fourth-order valence-electron chi connectivity index (χ4n) is 2.84. The second-order valence-corrected chi connectivity index (χ2v) is 6.09. The monoisotopic (exact) mass is 288 g/mol. The molecule has 2 aromatic heterocycles. The van der Waals surface area contributed by atoms with Gasteiger partial charge in [0.25, 0.3) is 0 Å². The maximum atomic E-state index is 4.56. The maximum Gasteiger partial charge on any atom is 0.0925 e. The molecule has 0 saturated carbocycles. The lowest BCUT2D eigenvalue weighted by atomic mass is 10.0. The number of thioether (sulfide) groups is 1. The first-order valence-electron chi connectivity index (χ1n) is 7.03. The van der Waals surface area contributed by atoms with Gasteiger partial charge in [0.05, 0.1) is 23.8 Å². The van der Waals surface area contributed by atoms with Gasteiger partial charge >= 0.3 is 0 Å². The standard InChI is InChI=1S/C15H20N4S/c1-20-9-6-14-15-13(17-11-18-15)5-8-19(14)10-12-4-2-3-7-16-12/h2-4,7,11,14H,5-6,8-10H2,1H3,(H,17,18)/t14-/m0/s1. The molecule has 1 aliphatic heterocycles. The van der Waals surface area contributed by atoms with E-state index >= 15 is 0 Å². The number of hydrogen-bond donors (Lipinski definition) is 1. The van der Waals surface area contributed by atoms with Crippen LogP contribution in [0.15, 0.2) is 30.7 Å². The highest BCUT2D eigenvalue weighted by molar-refractivity contribution is 7.98. The lowest BCUT2D eigenvalue weighted by Crippen LogP contribution is -2.35. The minimum atomic E-state index is 0.416. The summed E-state index contributed by atoms with van der Waals surface area (Å²) in [7, 11) is 0. The Morgan fingerprint density at radius 3 is 3.15 bits per heavy atom. The molecule has 106 valence electrons. The van der Waals surface area contributed by atoms with Gasteiger partial charge in [0.1, 0.15) is 0 Å². The zero-order valence-electron chi connectivity index (χ0n) is 11.7. The largest absolute Gasteiger partial charge is 0.348 e. The van der Waals surface area contributed by atoms with Gasteiger partial charge < -0.3 is 4.98 Å². The summed E-state index contributed by atoms with van der Waals surface area (Å²) in [6, 6.07) is 6.55. The van der Waals surface area contributed by atoms with Crippen LogP contribution in [0.2, 0.25) is 0 Å². The van der Waals surface area contributed by atoms with E-state index in [4.69, 9.17) is 0 Å². The molecule has 1 aliphatic rings. The molecule has 20 heavy (non-hydrogen) atoms. The third-order valence-corrected chi connectivity index (χ3v) is 4.49. The minimum absolute atomic E-state index is 0.416. The number of imidazole rings is 1. The summed E-state index contributed by atoms with van der Waals surface area (Å²) in [5.41, 5.74) is 3.69. The van der Waals surface area contributed by atoms with Gasteiger partial charge in [-0.1, -0.05) is 6.07 Å². The summed E-state index contributed by atoms with van der Waals surface area (Å²) >= 11 is 1.90. The molecular formula is C15H20N4S. The van der Waals surface area contributed by atoms with Crippen molar-refractivity contribution in [2.24, 2.45) is 0 Å². The predicted molar refractivity (Wildman–Crippen MR) is 82.7 cm³/mol. The molecule has 1 N–H and O–H groups in total. The van der Waals surface area contributed by atoms with Crippen molar-refractivity contribution < 1.29 is 0 Å². The van der Waals surface area contributed by atoms with Crippen LogP contribution in [-0.2, 0) is 13.0 Å². The molecule has 4 nitrogen and oxygen atoms in total. The van der Waals surface area contributed by atoms with Crippen molar-refractivity contribution >= 4 is 11.8 Å². The minimum Gasteiger partial charge on any atom is -0.348 e. The summed E-state index contributed by atoms with van der Waals surface area (Å²) in [5, 5.41) is 0. The van der Waals surface area contributed by atoms with Crippen molar-refractivity contribution in [3.8, 4) is 0 Å². The zero-order chi connectivity index (χ0) is 13.8. The third kappa shape index (κ3) is 2.88. The lowest BCUT2D eigenvalue weighted by Gasteiger charge is -2.34. The molecule has 0 fully saturated rings. The average molecular weight is 288 g/mol. The molecule has 3 rings (SSSR count). The Balaban J connectivity index is 1.79. The van der Waals surface area contributed by atoms with E-state index in [0.29, 0.717) is 6.04 Å². The number of nitrogens with one attached hydrogen (secondary N) is 1. The van der Waals surface area contributed by atoms with Gasteiger partial charge in [-0.2, -0.15) is 11.8 Å². The Bertz CT molecular complexity index is 540. The molecule has 0 aliphatic carbocycles. The maximum absolute atomic E-state index is 4.56. The molecule has 1 atom stereocenters. The van der Waals surface area contributed by atoms with Crippen LogP contribution >= 0.6 is 11.8 Å². The van der Waals surface area contributed by atoms with E-state index in [2.05, 4.69) is 38.2 Å². The lowest BCUT2D eigenvalue weighted by molar-refractivity contribution is 0.166. The average Bonchev–Trinajstić information content (AvgIpc) is 2.96. The molecule has 0 aromatic carbocycles. The number of aromatic amines is 1. The molecule has 5 heteroatoms. The van der Waals surface area contributed by atoms with Crippen LogP contribution in [-0.4, -0.2) is 38.4 Å². The molecule has 0 unspecified atom stereocenters. The fraction of sp³-hybridized carbons (Fsp3) is 0.467. The van der Waals surface area contributed by atoms with E-state index in [1.165, 1.54) is 11.4 Å². The van der Waals surface area contributed by atoms with Crippen molar-refractivity contribution in [2.45, 2.75) is 25.4 Å². The topological polar surface area (TPSA) is 44.8 Å². The van der Waals surface area contributed by atoms with Crippen molar-refractivity contribution in [1.82, 2.24) is 19.9 Å². The van der Waals surface area contributed by atoms with E-state index in [1.807, 2.05) is 30.4 Å². The number of nitrogens with zero attached hydrogens (tertiary/aromatic N) is 3. The van der Waals surface area contributed by atoms with Gasteiger partial charge in [-0.15, -0.1) is 0 Å². The molecule has 3 heterocycles. The highest BCUT2D eigenvalue weighted by Crippen LogP contribution is 2.31. The Labute approximate surface area is 124 Å². The van der Waals surface area contributed by atoms with E-state index in [9.17, 15) is 0 Å². The number of hydrogen-bond acceptors (Lipinski definition) is 4. The zero-order valence-corrected chi connectivity index (χ0v) is 12.6. The molecule has 2 aromatic rings. The predicted octanol–water partition coefficient (Wildman–Crippen LogP) is 2.66. The molecule has 0 saturated heterocycles. The highest BCUT2D eigenvalue weighted by Gasteiger charge is 2.29. The Kier molecular flexibility index (Phi) is 4.38. The number of aromatic nitrogens is 3. The Morgan fingerprint density at radius 2 is 2.35 bits per heavy atom. The SMILES string of the molecule is CSCC[C@H]1c2nc[nH]c2CCN1Cc1ccccn1. The first-order chi connectivity index (χ1) is 9.88. The summed E-state index contributed by atoms with van der Waals surface area (Å²) in [6.45, 7) is 1.98. The van der Waals surface area contributed by atoms with Crippen LogP contribution in [0.5, 0.6) is 0 Å². The van der Waals surface area contributed by atoms with Crippen LogP contribution in [0.4, 0.5) is 0 Å². The van der Waals surface area contributed by atoms with E-state index in [-0.39, 0.29) is 0 Å². The van der Waals surface area contributed by atoms with Crippen LogP contribution in [0.1, 0.15) is 29.5 Å². The van der Waals surface area contributed by atoms with Crippen LogP contribution in [0.25, 0.3) is 0 Å². The summed E-state index contributed by atoms with van der Waals surface area (Å²) in [6.07, 6.45) is 8.07. The van der Waals surface area contributed by atoms with Gasteiger partial charge in [-0.25, -0.2) is 4.98 Å². The number of fused-ring (bicyclic) bond motifs is 1. The van der Waals surface area contributed by atoms with Gasteiger partial charge in [0, 0.05) is 31.4 Å². The van der Waals surface area contributed by atoms with Crippen molar-refractivity contribution in [2.75, 3.05) is 18.6 Å².